The smallest absolute Gasteiger partial charge is 0.266 e. The molecule has 28 heavy (non-hydrogen) atoms. The van der Waals surface area contributed by atoms with Crippen LogP contribution in [0.3, 0.4) is 0 Å². The molecule has 1 N–H and O–H groups in total. The summed E-state index contributed by atoms with van der Waals surface area (Å²) in [6.45, 7) is 3.87. The lowest BCUT2D eigenvalue weighted by Gasteiger charge is -2.15. The van der Waals surface area contributed by atoms with Crippen LogP contribution in [0, 0.1) is 13.8 Å². The highest BCUT2D eigenvalue weighted by Crippen LogP contribution is 2.29. The van der Waals surface area contributed by atoms with Crippen LogP contribution in [0.2, 0.25) is 0 Å². The molecule has 4 rings (SSSR count). The van der Waals surface area contributed by atoms with Crippen molar-refractivity contribution < 1.29 is 14.4 Å². The monoisotopic (exact) mass is 370 g/mol. The zero-order chi connectivity index (χ0) is 19.8. The van der Waals surface area contributed by atoms with Crippen molar-refractivity contribution in [3.8, 4) is 0 Å². The number of carbonyl (C=O) groups is 3. The Hall–Kier alpha value is -3.73. The molecular formula is C23H18N2O3. The molecule has 0 spiro atoms. The van der Waals surface area contributed by atoms with E-state index in [1.54, 1.807) is 48.5 Å². The van der Waals surface area contributed by atoms with Crippen LogP contribution in [0.1, 0.15) is 42.2 Å². The van der Waals surface area contributed by atoms with Crippen molar-refractivity contribution in [3.63, 3.8) is 0 Å². The van der Waals surface area contributed by atoms with Crippen LogP contribution in [-0.2, 0) is 0 Å². The van der Waals surface area contributed by atoms with E-state index in [2.05, 4.69) is 5.32 Å². The quantitative estimate of drug-likeness (QED) is 0.697. The van der Waals surface area contributed by atoms with Crippen LogP contribution in [0.4, 0.5) is 11.4 Å². The highest BCUT2D eigenvalue weighted by Gasteiger charge is 2.36. The minimum absolute atomic E-state index is 0.244. The van der Waals surface area contributed by atoms with E-state index < -0.39 is 0 Å². The molecule has 1 aliphatic heterocycles. The van der Waals surface area contributed by atoms with Gasteiger partial charge in [0.05, 0.1) is 16.8 Å². The summed E-state index contributed by atoms with van der Waals surface area (Å²) in [7, 11) is 0. The number of hydrogen-bond donors (Lipinski definition) is 1. The maximum Gasteiger partial charge on any atom is 0.266 e. The largest absolute Gasteiger partial charge is 0.322 e. The van der Waals surface area contributed by atoms with Gasteiger partial charge in [0, 0.05) is 11.3 Å². The van der Waals surface area contributed by atoms with Crippen molar-refractivity contribution in [2.24, 2.45) is 0 Å². The van der Waals surface area contributed by atoms with Crippen molar-refractivity contribution in [1.82, 2.24) is 0 Å². The molecule has 0 radical (unpaired) electrons. The number of carbonyl (C=O) groups excluding carboxylic acids is 3. The average molecular weight is 370 g/mol. The Bertz CT molecular complexity index is 1080. The summed E-state index contributed by atoms with van der Waals surface area (Å²) in [6, 6.07) is 19.1. The highest BCUT2D eigenvalue weighted by molar-refractivity contribution is 6.34. The Balaban J connectivity index is 1.61. The van der Waals surface area contributed by atoms with Gasteiger partial charge in [-0.3, -0.25) is 14.4 Å². The van der Waals surface area contributed by atoms with Gasteiger partial charge in [-0.05, 0) is 56.3 Å². The lowest BCUT2D eigenvalue weighted by Crippen LogP contribution is -2.29. The number of anilines is 2. The van der Waals surface area contributed by atoms with E-state index in [9.17, 15) is 14.4 Å². The van der Waals surface area contributed by atoms with Crippen LogP contribution >= 0.6 is 0 Å². The third kappa shape index (κ3) is 3.07. The van der Waals surface area contributed by atoms with Crippen LogP contribution in [0.25, 0.3) is 0 Å². The Morgan fingerprint density at radius 3 is 2.00 bits per heavy atom. The van der Waals surface area contributed by atoms with E-state index in [1.807, 2.05) is 32.0 Å². The van der Waals surface area contributed by atoms with Crippen molar-refractivity contribution in [2.45, 2.75) is 13.8 Å². The molecule has 1 heterocycles. The number of hydrogen-bond acceptors (Lipinski definition) is 3. The third-order valence-corrected chi connectivity index (χ3v) is 4.64. The molecule has 138 valence electrons. The number of nitrogens with zero attached hydrogens (tertiary/aromatic N) is 1. The topological polar surface area (TPSA) is 66.5 Å². The predicted octanol–water partition coefficient (Wildman–Crippen LogP) is 4.36. The summed E-state index contributed by atoms with van der Waals surface area (Å²) < 4.78 is 0. The lowest BCUT2D eigenvalue weighted by molar-refractivity contribution is 0.0925. The second kappa shape index (κ2) is 6.78. The molecule has 3 aromatic carbocycles. The van der Waals surface area contributed by atoms with Crippen LogP contribution in [-0.4, -0.2) is 17.7 Å². The summed E-state index contributed by atoms with van der Waals surface area (Å²) in [5.74, 6) is -0.969. The maximum absolute atomic E-state index is 12.7. The standard InChI is InChI=1S/C23H18N2O3/c1-14-10-15(2)12-16(11-14)21(26)24-17-6-5-7-18(13-17)25-22(27)19-8-3-4-9-20(19)23(25)28/h3-13H,1-2H3,(H,24,26). The molecule has 0 aromatic heterocycles. The number of benzene rings is 3. The first kappa shape index (κ1) is 17.7. The zero-order valence-electron chi connectivity index (χ0n) is 15.5. The zero-order valence-corrected chi connectivity index (χ0v) is 15.5. The molecule has 0 saturated carbocycles. The van der Waals surface area contributed by atoms with E-state index in [1.165, 1.54) is 0 Å². The number of aryl methyl sites for hydroxylation is 2. The Kier molecular flexibility index (Phi) is 4.28. The van der Waals surface area contributed by atoms with Gasteiger partial charge >= 0.3 is 0 Å². The molecule has 0 fully saturated rings. The SMILES string of the molecule is Cc1cc(C)cc(C(=O)Nc2cccc(N3C(=O)c4ccccc4C3=O)c2)c1. The maximum atomic E-state index is 12.7. The first-order chi connectivity index (χ1) is 13.4. The van der Waals surface area contributed by atoms with Gasteiger partial charge in [-0.2, -0.15) is 0 Å². The van der Waals surface area contributed by atoms with Gasteiger partial charge in [-0.25, -0.2) is 4.90 Å². The predicted molar refractivity (Wildman–Crippen MR) is 108 cm³/mol. The minimum Gasteiger partial charge on any atom is -0.322 e. The number of amides is 3. The molecule has 3 amide bonds. The Labute approximate surface area is 162 Å². The minimum atomic E-state index is -0.363. The molecule has 1 aliphatic rings. The highest BCUT2D eigenvalue weighted by atomic mass is 16.2. The molecule has 0 atom stereocenters. The van der Waals surface area contributed by atoms with Crippen LogP contribution < -0.4 is 10.2 Å². The van der Waals surface area contributed by atoms with E-state index >= 15 is 0 Å². The van der Waals surface area contributed by atoms with Crippen LogP contribution in [0.15, 0.2) is 66.7 Å². The Morgan fingerprint density at radius 2 is 1.39 bits per heavy atom. The molecule has 5 heteroatoms. The fourth-order valence-electron chi connectivity index (χ4n) is 3.46. The second-order valence-corrected chi connectivity index (χ2v) is 6.87. The van der Waals surface area contributed by atoms with Crippen molar-refractivity contribution in [3.05, 3.63) is 94.5 Å². The van der Waals surface area contributed by atoms with Gasteiger partial charge in [-0.15, -0.1) is 0 Å². The normalized spacial score (nSPS) is 12.9. The van der Waals surface area contributed by atoms with Gasteiger partial charge < -0.3 is 5.32 Å². The summed E-state index contributed by atoms with van der Waals surface area (Å²) >= 11 is 0. The van der Waals surface area contributed by atoms with Crippen molar-refractivity contribution in [1.29, 1.82) is 0 Å². The van der Waals surface area contributed by atoms with E-state index in [4.69, 9.17) is 0 Å². The molecule has 0 aliphatic carbocycles. The van der Waals surface area contributed by atoms with Crippen molar-refractivity contribution in [2.75, 3.05) is 10.2 Å². The van der Waals surface area contributed by atoms with Crippen molar-refractivity contribution >= 4 is 29.1 Å². The summed E-state index contributed by atoms with van der Waals surface area (Å²) in [6.07, 6.45) is 0. The number of rotatable bonds is 3. The van der Waals surface area contributed by atoms with E-state index in [0.29, 0.717) is 28.1 Å². The number of fused-ring (bicyclic) bond motifs is 1. The van der Waals surface area contributed by atoms with Gasteiger partial charge in [0.15, 0.2) is 0 Å². The molecule has 0 unspecified atom stereocenters. The average Bonchev–Trinajstić information content (AvgIpc) is 2.92. The summed E-state index contributed by atoms with van der Waals surface area (Å²) in [4.78, 5) is 39.0. The molecular weight excluding hydrogens is 352 g/mol. The van der Waals surface area contributed by atoms with Gasteiger partial charge in [0.1, 0.15) is 0 Å². The first-order valence-electron chi connectivity index (χ1n) is 8.91. The van der Waals surface area contributed by atoms with Gasteiger partial charge in [0.2, 0.25) is 0 Å². The number of imide groups is 1. The van der Waals surface area contributed by atoms with Gasteiger partial charge in [0.25, 0.3) is 17.7 Å². The second-order valence-electron chi connectivity index (χ2n) is 6.87. The first-order valence-corrected chi connectivity index (χ1v) is 8.91. The molecule has 0 saturated heterocycles. The Morgan fingerprint density at radius 1 is 0.786 bits per heavy atom. The fourth-order valence-corrected chi connectivity index (χ4v) is 3.46. The molecule has 0 bridgehead atoms. The molecule has 3 aromatic rings. The summed E-state index contributed by atoms with van der Waals surface area (Å²) in [5, 5.41) is 2.84. The van der Waals surface area contributed by atoms with E-state index in [0.717, 1.165) is 16.0 Å². The summed E-state index contributed by atoms with van der Waals surface area (Å²) in [5.41, 5.74) is 4.27. The van der Waals surface area contributed by atoms with Crippen LogP contribution in [0.5, 0.6) is 0 Å². The van der Waals surface area contributed by atoms with E-state index in [-0.39, 0.29) is 17.7 Å². The lowest BCUT2D eigenvalue weighted by atomic mass is 10.1. The fraction of sp³-hybridized carbons (Fsp3) is 0.0870. The number of nitrogens with one attached hydrogen (secondary N) is 1. The molecule has 5 nitrogen and oxygen atoms in total. The third-order valence-electron chi connectivity index (χ3n) is 4.64. The van der Waals surface area contributed by atoms with Gasteiger partial charge in [-0.1, -0.05) is 35.4 Å².